The zero-order chi connectivity index (χ0) is 41.0. The molecular formula is C42H41Cl3N4O7Si. The highest BCUT2D eigenvalue weighted by Gasteiger charge is 2.20. The molecule has 5 aromatic rings. The SMILES string of the molecule is C[Si](C)(C)CCOC(=O)N(CCO)CCOc1ccc(-c2cccc(-c3cccc(COc4nc(OCc5cncc(C#N)c5)c(C=O)cc4Cl)c3Cl)c2Cl)cc1. The van der Waals surface area contributed by atoms with Crippen molar-refractivity contribution >= 4 is 55.3 Å². The third kappa shape index (κ3) is 11.9. The molecule has 0 aliphatic heterocycles. The second kappa shape index (κ2) is 20.3. The van der Waals surface area contributed by atoms with E-state index >= 15 is 0 Å². The van der Waals surface area contributed by atoms with Gasteiger partial charge in [0.05, 0.1) is 40.9 Å². The summed E-state index contributed by atoms with van der Waals surface area (Å²) in [5.74, 6) is 0.645. The quantitative estimate of drug-likeness (QED) is 0.0669. The van der Waals surface area contributed by atoms with Crippen LogP contribution in [-0.4, -0.2) is 73.3 Å². The summed E-state index contributed by atoms with van der Waals surface area (Å²) in [6.45, 7) is 7.46. The minimum absolute atomic E-state index is 0.00427. The lowest BCUT2D eigenvalue weighted by Crippen LogP contribution is -2.38. The number of nitriles is 1. The Kier molecular flexibility index (Phi) is 15.3. The molecule has 1 N–H and O–H groups in total. The molecule has 2 aromatic heterocycles. The summed E-state index contributed by atoms with van der Waals surface area (Å²) in [5.41, 5.74) is 4.77. The molecule has 0 unspecified atom stereocenters. The van der Waals surface area contributed by atoms with Crippen molar-refractivity contribution in [1.82, 2.24) is 14.9 Å². The lowest BCUT2D eigenvalue weighted by atomic mass is 9.97. The van der Waals surface area contributed by atoms with Crippen LogP contribution in [0.4, 0.5) is 4.79 Å². The van der Waals surface area contributed by atoms with E-state index in [9.17, 15) is 14.7 Å². The Morgan fingerprint density at radius 1 is 0.860 bits per heavy atom. The number of nitrogens with zero attached hydrogens (tertiary/aromatic N) is 4. The molecule has 0 bridgehead atoms. The monoisotopic (exact) mass is 846 g/mol. The zero-order valence-electron chi connectivity index (χ0n) is 31.6. The minimum atomic E-state index is -1.35. The number of hydrogen-bond donors (Lipinski definition) is 1. The molecule has 3 aromatic carbocycles. The van der Waals surface area contributed by atoms with E-state index in [0.717, 1.165) is 17.2 Å². The van der Waals surface area contributed by atoms with Crippen LogP contribution in [0.2, 0.25) is 40.8 Å². The first kappa shape index (κ1) is 43.0. The van der Waals surface area contributed by atoms with Crippen LogP contribution in [0.25, 0.3) is 22.3 Å². The van der Waals surface area contributed by atoms with E-state index in [0.29, 0.717) is 56.5 Å². The third-order valence-corrected chi connectivity index (χ3v) is 11.4. The van der Waals surface area contributed by atoms with E-state index in [1.165, 1.54) is 17.2 Å². The van der Waals surface area contributed by atoms with E-state index in [1.54, 1.807) is 12.3 Å². The Labute approximate surface area is 347 Å². The van der Waals surface area contributed by atoms with Crippen LogP contribution in [0, 0.1) is 11.3 Å². The molecule has 57 heavy (non-hydrogen) atoms. The molecule has 0 saturated carbocycles. The van der Waals surface area contributed by atoms with Gasteiger partial charge in [0.1, 0.15) is 36.7 Å². The molecule has 0 radical (unpaired) electrons. The maximum Gasteiger partial charge on any atom is 0.409 e. The second-order valence-corrected chi connectivity index (χ2v) is 20.8. The number of pyridine rings is 2. The van der Waals surface area contributed by atoms with Gasteiger partial charge < -0.3 is 29.0 Å². The van der Waals surface area contributed by atoms with Crippen molar-refractivity contribution in [2.75, 3.05) is 32.9 Å². The number of benzene rings is 3. The van der Waals surface area contributed by atoms with E-state index in [2.05, 4.69) is 29.6 Å². The molecule has 0 saturated heterocycles. The molecule has 296 valence electrons. The molecule has 2 heterocycles. The average molecular weight is 848 g/mol. The molecule has 0 spiro atoms. The maximum atomic E-state index is 12.6. The molecule has 1 amide bonds. The van der Waals surface area contributed by atoms with Crippen molar-refractivity contribution in [3.63, 3.8) is 0 Å². The van der Waals surface area contributed by atoms with Crippen molar-refractivity contribution in [2.24, 2.45) is 0 Å². The molecule has 0 atom stereocenters. The predicted molar refractivity (Wildman–Crippen MR) is 223 cm³/mol. The fraction of sp³-hybridized carbons (Fsp3) is 0.262. The van der Waals surface area contributed by atoms with Crippen LogP contribution in [0.15, 0.2) is 85.2 Å². The van der Waals surface area contributed by atoms with Gasteiger partial charge in [0.2, 0.25) is 11.8 Å². The smallest absolute Gasteiger partial charge is 0.409 e. The molecule has 15 heteroatoms. The van der Waals surface area contributed by atoms with Gasteiger partial charge in [-0.25, -0.2) is 4.79 Å². The number of hydrogen-bond acceptors (Lipinski definition) is 10. The van der Waals surface area contributed by atoms with Crippen LogP contribution in [0.5, 0.6) is 17.5 Å². The number of aliphatic hydroxyl groups is 1. The number of aldehydes is 1. The molecular weight excluding hydrogens is 807 g/mol. The summed E-state index contributed by atoms with van der Waals surface area (Å²) in [6.07, 6.45) is 3.10. The highest BCUT2D eigenvalue weighted by molar-refractivity contribution is 6.76. The van der Waals surface area contributed by atoms with Crippen molar-refractivity contribution < 1.29 is 33.6 Å². The number of aliphatic hydroxyl groups excluding tert-OH is 1. The summed E-state index contributed by atoms with van der Waals surface area (Å²) in [5, 5.41) is 19.6. The Morgan fingerprint density at radius 3 is 2.26 bits per heavy atom. The summed E-state index contributed by atoms with van der Waals surface area (Å²) >= 11 is 20.4. The van der Waals surface area contributed by atoms with E-state index in [-0.39, 0.29) is 61.9 Å². The largest absolute Gasteiger partial charge is 0.492 e. The lowest BCUT2D eigenvalue weighted by Gasteiger charge is -2.22. The second-order valence-electron chi connectivity index (χ2n) is 14.0. The van der Waals surface area contributed by atoms with Crippen molar-refractivity contribution in [1.29, 1.82) is 5.26 Å². The summed E-state index contributed by atoms with van der Waals surface area (Å²) in [6, 6.07) is 24.6. The third-order valence-electron chi connectivity index (χ3n) is 8.60. The topological polar surface area (TPSA) is 144 Å². The number of halogens is 3. The Balaban J connectivity index is 1.24. The van der Waals surface area contributed by atoms with Gasteiger partial charge in [-0.05, 0) is 35.9 Å². The normalized spacial score (nSPS) is 11.1. The zero-order valence-corrected chi connectivity index (χ0v) is 34.9. The maximum absolute atomic E-state index is 12.6. The van der Waals surface area contributed by atoms with E-state index in [4.69, 9.17) is 59.0 Å². The number of ether oxygens (including phenoxy) is 4. The first-order chi connectivity index (χ1) is 27.4. The van der Waals surface area contributed by atoms with Crippen molar-refractivity contribution in [3.8, 4) is 45.8 Å². The van der Waals surface area contributed by atoms with Crippen LogP contribution < -0.4 is 14.2 Å². The van der Waals surface area contributed by atoms with E-state index in [1.807, 2.05) is 66.7 Å². The van der Waals surface area contributed by atoms with Crippen LogP contribution in [-0.2, 0) is 18.0 Å². The van der Waals surface area contributed by atoms with Gasteiger partial charge >= 0.3 is 6.09 Å². The van der Waals surface area contributed by atoms with E-state index < -0.39 is 14.2 Å². The Bertz CT molecular complexity index is 2230. The van der Waals surface area contributed by atoms with Gasteiger partial charge in [-0.1, -0.05) is 103 Å². The number of carbonyl (C=O) groups is 2. The van der Waals surface area contributed by atoms with Crippen LogP contribution >= 0.6 is 34.8 Å². The van der Waals surface area contributed by atoms with Crippen molar-refractivity contribution in [3.05, 3.63) is 123 Å². The summed E-state index contributed by atoms with van der Waals surface area (Å²) in [4.78, 5) is 34.2. The number of aromatic nitrogens is 2. The number of amides is 1. The minimum Gasteiger partial charge on any atom is -0.492 e. The van der Waals surface area contributed by atoms with Gasteiger partial charge in [0.25, 0.3) is 0 Å². The van der Waals surface area contributed by atoms with Crippen LogP contribution in [0.1, 0.15) is 27.0 Å². The Hall–Kier alpha value is -5.16. The first-order valence-electron chi connectivity index (χ1n) is 18.0. The van der Waals surface area contributed by atoms with Gasteiger partial charge in [0.15, 0.2) is 6.29 Å². The highest BCUT2D eigenvalue weighted by Crippen LogP contribution is 2.41. The van der Waals surface area contributed by atoms with Crippen LogP contribution in [0.3, 0.4) is 0 Å². The number of carbonyl (C=O) groups excluding carboxylic acids is 2. The van der Waals surface area contributed by atoms with Crippen molar-refractivity contribution in [2.45, 2.75) is 38.9 Å². The summed E-state index contributed by atoms with van der Waals surface area (Å²) in [7, 11) is -1.35. The fourth-order valence-corrected chi connectivity index (χ4v) is 7.06. The fourth-order valence-electron chi connectivity index (χ4n) is 5.51. The molecule has 5 rings (SSSR count). The predicted octanol–water partition coefficient (Wildman–Crippen LogP) is 9.76. The van der Waals surface area contributed by atoms with Gasteiger partial charge in [-0.2, -0.15) is 10.2 Å². The molecule has 0 fully saturated rings. The lowest BCUT2D eigenvalue weighted by molar-refractivity contribution is 0.0915. The van der Waals surface area contributed by atoms with Gasteiger partial charge in [-0.15, -0.1) is 0 Å². The van der Waals surface area contributed by atoms with Gasteiger partial charge in [0, 0.05) is 54.8 Å². The average Bonchev–Trinajstić information content (AvgIpc) is 3.20. The van der Waals surface area contributed by atoms with Gasteiger partial charge in [-0.3, -0.25) is 9.78 Å². The first-order valence-corrected chi connectivity index (χ1v) is 22.8. The standard InChI is InChI=1S/C42H41Cl3N4O7Si/c1-57(2,3)19-18-54-42(52)49(14-16-50)15-17-53-33-12-10-30(11-13-33)34-7-5-9-36(39(34)45)35-8-4-6-31(38(35)44)27-56-41-37(43)21-32(25-51)40(48-41)55-26-29-20-28(22-46)23-47-24-29/h4-13,20-21,23-25,50H,14-19,26-27H2,1-3H3. The highest BCUT2D eigenvalue weighted by atomic mass is 35.5. The Morgan fingerprint density at radius 2 is 1.56 bits per heavy atom. The summed E-state index contributed by atoms with van der Waals surface area (Å²) < 4.78 is 23.1. The number of rotatable bonds is 18. The molecule has 0 aliphatic carbocycles. The molecule has 11 nitrogen and oxygen atoms in total. The molecule has 0 aliphatic rings.